The van der Waals surface area contributed by atoms with Crippen molar-refractivity contribution in [1.29, 1.82) is 0 Å². The Morgan fingerprint density at radius 1 is 0.750 bits per heavy atom. The Balaban J connectivity index is 1.61. The predicted octanol–water partition coefficient (Wildman–Crippen LogP) is 6.69. The molecule has 2 aliphatic carbocycles. The molecule has 2 aliphatic rings. The summed E-state index contributed by atoms with van der Waals surface area (Å²) in [4.78, 5) is 0. The highest BCUT2D eigenvalue weighted by Crippen LogP contribution is 2.49. The lowest BCUT2D eigenvalue weighted by atomic mass is 9.93. The summed E-state index contributed by atoms with van der Waals surface area (Å²) in [7, 11) is 2.12. The number of aryl methyl sites for hydroxylation is 4. The van der Waals surface area contributed by atoms with Gasteiger partial charge < -0.3 is 0 Å². The molecule has 0 saturated heterocycles. The van der Waals surface area contributed by atoms with Crippen LogP contribution in [0.1, 0.15) is 44.5 Å². The Hall–Kier alpha value is -3.26. The van der Waals surface area contributed by atoms with Crippen LogP contribution in [0.5, 0.6) is 0 Å². The van der Waals surface area contributed by atoms with Gasteiger partial charge in [0.15, 0.2) is 6.20 Å². The number of hydrogen-bond acceptors (Lipinski definition) is 0. The maximum Gasteiger partial charge on any atom is 0.216 e. The number of hydrogen-bond donors (Lipinski definition) is 0. The van der Waals surface area contributed by atoms with Gasteiger partial charge in [-0.25, -0.2) is 8.96 Å². The second-order valence-corrected chi connectivity index (χ2v) is 9.62. The third kappa shape index (κ3) is 2.53. The van der Waals surface area contributed by atoms with Gasteiger partial charge in [-0.05, 0) is 96.3 Å². The van der Waals surface area contributed by atoms with Gasteiger partial charge in [-0.15, -0.1) is 0 Å². The second-order valence-electron chi connectivity index (χ2n) is 9.62. The van der Waals surface area contributed by atoms with Crippen molar-refractivity contribution in [2.75, 3.05) is 0 Å². The summed E-state index contributed by atoms with van der Waals surface area (Å²) in [5, 5.41) is 0. The molecule has 158 valence electrons. The fourth-order valence-corrected chi connectivity index (χ4v) is 6.02. The van der Waals surface area contributed by atoms with Gasteiger partial charge in [0.2, 0.25) is 5.69 Å². The van der Waals surface area contributed by atoms with E-state index in [0.717, 1.165) is 35.1 Å². The molecule has 0 unspecified atom stereocenters. The monoisotopic (exact) mass is 420 g/mol. The highest BCUT2D eigenvalue weighted by Gasteiger charge is 2.35. The maximum atomic E-state index is 15.6. The van der Waals surface area contributed by atoms with Gasteiger partial charge in [0, 0.05) is 29.2 Å². The van der Waals surface area contributed by atoms with Crippen molar-refractivity contribution in [2.24, 2.45) is 7.05 Å². The van der Waals surface area contributed by atoms with Crippen LogP contribution < -0.4 is 4.57 Å². The van der Waals surface area contributed by atoms with Crippen LogP contribution in [0, 0.1) is 33.5 Å². The summed E-state index contributed by atoms with van der Waals surface area (Å²) in [6.45, 7) is 8.65. The molecule has 0 amide bonds. The van der Waals surface area contributed by atoms with E-state index in [2.05, 4.69) is 81.9 Å². The minimum atomic E-state index is -0.0861. The first-order valence-corrected chi connectivity index (χ1v) is 11.4. The molecule has 0 spiro atoms. The first kappa shape index (κ1) is 19.4. The van der Waals surface area contributed by atoms with Gasteiger partial charge in [0.25, 0.3) is 0 Å². The number of fused-ring (bicyclic) bond motifs is 7. The van der Waals surface area contributed by atoms with Crippen LogP contribution >= 0.6 is 0 Å². The molecule has 0 radical (unpaired) electrons. The molecular formula is C30H27FN+. The minimum absolute atomic E-state index is 0.0861. The van der Waals surface area contributed by atoms with E-state index in [1.54, 1.807) is 6.07 Å². The Labute approximate surface area is 189 Å². The molecule has 6 rings (SSSR count). The fraction of sp³-hybridized carbons (Fsp3) is 0.233. The zero-order valence-corrected chi connectivity index (χ0v) is 19.4. The third-order valence-electron chi connectivity index (χ3n) is 7.62. The zero-order chi connectivity index (χ0) is 22.3. The molecule has 4 aromatic rings. The minimum Gasteiger partial charge on any atom is -0.206 e. The van der Waals surface area contributed by atoms with Gasteiger partial charge in [0.1, 0.15) is 12.9 Å². The first-order valence-electron chi connectivity index (χ1n) is 11.4. The summed E-state index contributed by atoms with van der Waals surface area (Å²) in [6.07, 6.45) is 3.81. The van der Waals surface area contributed by atoms with Crippen LogP contribution in [0.3, 0.4) is 0 Å². The highest BCUT2D eigenvalue weighted by atomic mass is 19.1. The van der Waals surface area contributed by atoms with Crippen molar-refractivity contribution in [3.05, 3.63) is 99.0 Å². The molecule has 0 atom stereocenters. The lowest BCUT2D eigenvalue weighted by Gasteiger charge is -2.12. The molecule has 1 heterocycles. The Morgan fingerprint density at radius 2 is 1.56 bits per heavy atom. The highest BCUT2D eigenvalue weighted by molar-refractivity contribution is 5.90. The van der Waals surface area contributed by atoms with Crippen molar-refractivity contribution < 1.29 is 8.96 Å². The van der Waals surface area contributed by atoms with Crippen LogP contribution in [-0.4, -0.2) is 0 Å². The number of pyridine rings is 1. The van der Waals surface area contributed by atoms with Crippen molar-refractivity contribution in [3.8, 4) is 33.5 Å². The van der Waals surface area contributed by atoms with E-state index >= 15 is 4.39 Å². The number of benzene rings is 3. The number of nitrogens with zero attached hydrogens (tertiary/aromatic N) is 1. The van der Waals surface area contributed by atoms with Crippen LogP contribution in [0.25, 0.3) is 33.5 Å². The molecule has 3 aromatic carbocycles. The summed E-state index contributed by atoms with van der Waals surface area (Å²) in [5.74, 6) is -0.0861. The molecular weight excluding hydrogens is 393 g/mol. The normalized spacial score (nSPS) is 13.1. The largest absolute Gasteiger partial charge is 0.216 e. The van der Waals surface area contributed by atoms with E-state index in [1.165, 1.54) is 55.8 Å². The molecule has 32 heavy (non-hydrogen) atoms. The van der Waals surface area contributed by atoms with Crippen LogP contribution in [0.15, 0.2) is 48.7 Å². The van der Waals surface area contributed by atoms with Gasteiger partial charge >= 0.3 is 0 Å². The van der Waals surface area contributed by atoms with E-state index < -0.39 is 0 Å². The Bertz CT molecular complexity index is 1480. The number of halogens is 1. The topological polar surface area (TPSA) is 3.88 Å². The summed E-state index contributed by atoms with van der Waals surface area (Å²) >= 11 is 0. The molecule has 1 aromatic heterocycles. The molecule has 0 fully saturated rings. The average Bonchev–Trinajstić information content (AvgIpc) is 3.31. The van der Waals surface area contributed by atoms with E-state index in [0.29, 0.717) is 0 Å². The van der Waals surface area contributed by atoms with E-state index in [9.17, 15) is 0 Å². The lowest BCUT2D eigenvalue weighted by molar-refractivity contribution is -0.660. The van der Waals surface area contributed by atoms with Gasteiger partial charge in [-0.3, -0.25) is 0 Å². The van der Waals surface area contributed by atoms with Crippen LogP contribution in [-0.2, 0) is 19.9 Å². The SMILES string of the molecule is Cc1cc(C)c(C)c(-c2c3c(cc[n+]2C)-c2cc(F)c4c(c2C3)Cc2cccc(C)c2-4)c1. The zero-order valence-electron chi connectivity index (χ0n) is 19.4. The maximum absolute atomic E-state index is 15.6. The number of rotatable bonds is 1. The smallest absolute Gasteiger partial charge is 0.206 e. The van der Waals surface area contributed by atoms with Crippen molar-refractivity contribution in [3.63, 3.8) is 0 Å². The fourth-order valence-electron chi connectivity index (χ4n) is 6.02. The molecule has 0 saturated carbocycles. The number of aromatic nitrogens is 1. The summed E-state index contributed by atoms with van der Waals surface area (Å²) in [5.41, 5.74) is 16.9. The average molecular weight is 421 g/mol. The molecule has 1 nitrogen and oxygen atoms in total. The van der Waals surface area contributed by atoms with Crippen LogP contribution in [0.4, 0.5) is 4.39 Å². The Morgan fingerprint density at radius 3 is 2.38 bits per heavy atom. The molecule has 2 heteroatoms. The molecule has 0 bridgehead atoms. The summed E-state index contributed by atoms with van der Waals surface area (Å²) in [6, 6.07) is 14.8. The van der Waals surface area contributed by atoms with Gasteiger partial charge in [0.05, 0.1) is 0 Å². The third-order valence-corrected chi connectivity index (χ3v) is 7.62. The van der Waals surface area contributed by atoms with Crippen LogP contribution in [0.2, 0.25) is 0 Å². The van der Waals surface area contributed by atoms with Gasteiger partial charge in [-0.1, -0.05) is 29.8 Å². The van der Waals surface area contributed by atoms with E-state index in [4.69, 9.17) is 0 Å². The van der Waals surface area contributed by atoms with Crippen molar-refractivity contribution in [2.45, 2.75) is 40.5 Å². The molecule has 0 N–H and O–H groups in total. The van der Waals surface area contributed by atoms with Crippen molar-refractivity contribution >= 4 is 0 Å². The second kappa shape index (κ2) is 6.62. The molecule has 0 aliphatic heterocycles. The van der Waals surface area contributed by atoms with E-state index in [1.807, 2.05) is 0 Å². The standard InChI is InChI=1S/C30H27FN/c1-16-11-18(3)19(4)22(12-16)30-26-14-23-24(21(26)9-10-32(30)5)15-27(31)29-25(23)13-20-8-6-7-17(2)28(20)29/h6-12,15H,13-14H2,1-5H3/q+1. The summed E-state index contributed by atoms with van der Waals surface area (Å²) < 4.78 is 17.8. The Kier molecular flexibility index (Phi) is 4.02. The van der Waals surface area contributed by atoms with E-state index in [-0.39, 0.29) is 5.82 Å². The lowest BCUT2D eigenvalue weighted by Crippen LogP contribution is -2.32. The first-order chi connectivity index (χ1) is 15.3. The predicted molar refractivity (Wildman–Crippen MR) is 128 cm³/mol. The van der Waals surface area contributed by atoms with Gasteiger partial charge in [-0.2, -0.15) is 0 Å². The van der Waals surface area contributed by atoms with Crippen molar-refractivity contribution in [1.82, 2.24) is 0 Å². The quantitative estimate of drug-likeness (QED) is 0.261.